The van der Waals surface area contributed by atoms with Crippen LogP contribution in [0.1, 0.15) is 48.5 Å². The Labute approximate surface area is 187 Å². The second-order valence-electron chi connectivity index (χ2n) is 7.88. The van der Waals surface area contributed by atoms with Crippen LogP contribution in [-0.2, 0) is 13.1 Å². The van der Waals surface area contributed by atoms with E-state index in [1.807, 2.05) is 67.1 Å². The van der Waals surface area contributed by atoms with Crippen LogP contribution in [0.2, 0.25) is 0 Å². The summed E-state index contributed by atoms with van der Waals surface area (Å²) >= 11 is 0. The summed E-state index contributed by atoms with van der Waals surface area (Å²) in [7, 11) is 0. The number of nitrogens with one attached hydrogen (secondary N) is 1. The second kappa shape index (κ2) is 9.43. The molecule has 0 aliphatic heterocycles. The number of carbonyl (C=O) groups excluding carboxylic acids is 2. The topological polar surface area (TPSA) is 64.0 Å². The molecule has 4 aromatic rings. The third-order valence-electron chi connectivity index (χ3n) is 5.52. The molecular weight excluding hydrogens is 398 g/mol. The zero-order chi connectivity index (χ0) is 22.5. The summed E-state index contributed by atoms with van der Waals surface area (Å²) in [5, 5.41) is 2.99. The average molecular weight is 424 g/mol. The van der Waals surface area contributed by atoms with E-state index in [1.54, 1.807) is 36.8 Å². The molecule has 0 bridgehead atoms. The Morgan fingerprint density at radius 2 is 1.59 bits per heavy atom. The first-order valence-corrected chi connectivity index (χ1v) is 10.5. The third-order valence-corrected chi connectivity index (χ3v) is 5.52. The van der Waals surface area contributed by atoms with Crippen LogP contribution in [0.15, 0.2) is 85.5 Å². The summed E-state index contributed by atoms with van der Waals surface area (Å²) in [5.41, 5.74) is 5.44. The van der Waals surface area contributed by atoms with Gasteiger partial charge in [-0.05, 0) is 42.7 Å². The van der Waals surface area contributed by atoms with E-state index < -0.39 is 0 Å². The van der Waals surface area contributed by atoms with E-state index in [4.69, 9.17) is 0 Å². The summed E-state index contributed by atoms with van der Waals surface area (Å²) in [4.78, 5) is 30.4. The van der Waals surface area contributed by atoms with Gasteiger partial charge in [0.15, 0.2) is 5.78 Å². The molecule has 1 heterocycles. The van der Waals surface area contributed by atoms with Crippen molar-refractivity contribution in [3.05, 3.63) is 124 Å². The molecule has 0 unspecified atom stereocenters. The number of hydrogen-bond acceptors (Lipinski definition) is 3. The number of rotatable bonds is 7. The lowest BCUT2D eigenvalue weighted by atomic mass is 9.94. The normalized spacial score (nSPS) is 10.7. The molecule has 1 N–H and O–H groups in total. The van der Waals surface area contributed by atoms with Gasteiger partial charge in [-0.2, -0.15) is 0 Å². The molecule has 0 radical (unpaired) electrons. The number of ketones is 1. The average Bonchev–Trinajstić information content (AvgIpc) is 3.32. The van der Waals surface area contributed by atoms with Crippen LogP contribution in [-0.4, -0.2) is 21.2 Å². The summed E-state index contributed by atoms with van der Waals surface area (Å²) in [6, 6.07) is 20.7. The molecule has 1 aromatic heterocycles. The fourth-order valence-electron chi connectivity index (χ4n) is 3.74. The highest BCUT2D eigenvalue weighted by atomic mass is 16.2. The largest absolute Gasteiger partial charge is 0.348 e. The lowest BCUT2D eigenvalue weighted by Crippen LogP contribution is -2.25. The van der Waals surface area contributed by atoms with Crippen molar-refractivity contribution in [2.45, 2.75) is 26.9 Å². The summed E-state index contributed by atoms with van der Waals surface area (Å²) in [6.07, 6.45) is 5.42. The Balaban J connectivity index is 1.55. The summed E-state index contributed by atoms with van der Waals surface area (Å²) < 4.78 is 1.98. The van der Waals surface area contributed by atoms with Crippen LogP contribution in [0.25, 0.3) is 0 Å². The standard InChI is InChI=1S/C27H25N3O2/c1-19-11-12-20(2)25(15-19)26(31)23-9-5-6-10-24(23)27(32)29-16-21-7-3-4-8-22(21)17-30-14-13-28-18-30/h3-15,18H,16-17H2,1-2H3,(H,29,32). The number of hydrogen-bond donors (Lipinski definition) is 1. The predicted molar refractivity (Wildman–Crippen MR) is 125 cm³/mol. The van der Waals surface area contributed by atoms with E-state index in [-0.39, 0.29) is 11.7 Å². The number of imidazole rings is 1. The maximum atomic E-state index is 13.3. The molecule has 160 valence electrons. The van der Waals surface area contributed by atoms with Crippen molar-refractivity contribution in [2.75, 3.05) is 0 Å². The molecule has 0 saturated carbocycles. The second-order valence-corrected chi connectivity index (χ2v) is 7.88. The SMILES string of the molecule is Cc1ccc(C)c(C(=O)c2ccccc2C(=O)NCc2ccccc2Cn2ccnc2)c1. The monoisotopic (exact) mass is 423 g/mol. The Morgan fingerprint density at radius 1 is 0.875 bits per heavy atom. The van der Waals surface area contributed by atoms with Crippen molar-refractivity contribution >= 4 is 11.7 Å². The molecule has 0 spiro atoms. The highest BCUT2D eigenvalue weighted by Crippen LogP contribution is 2.19. The van der Waals surface area contributed by atoms with E-state index >= 15 is 0 Å². The summed E-state index contributed by atoms with van der Waals surface area (Å²) in [6.45, 7) is 4.91. The molecular formula is C27H25N3O2. The van der Waals surface area contributed by atoms with Gasteiger partial charge in [-0.25, -0.2) is 4.98 Å². The van der Waals surface area contributed by atoms with Gasteiger partial charge >= 0.3 is 0 Å². The first-order valence-electron chi connectivity index (χ1n) is 10.5. The van der Waals surface area contributed by atoms with Gasteiger partial charge in [-0.15, -0.1) is 0 Å². The fourth-order valence-corrected chi connectivity index (χ4v) is 3.74. The first-order chi connectivity index (χ1) is 15.5. The van der Waals surface area contributed by atoms with E-state index in [1.165, 1.54) is 0 Å². The van der Waals surface area contributed by atoms with Crippen LogP contribution < -0.4 is 5.32 Å². The van der Waals surface area contributed by atoms with Gasteiger partial charge in [0.2, 0.25) is 0 Å². The van der Waals surface area contributed by atoms with E-state index in [0.29, 0.717) is 29.8 Å². The van der Waals surface area contributed by atoms with Gasteiger partial charge in [-0.3, -0.25) is 9.59 Å². The number of amides is 1. The minimum Gasteiger partial charge on any atom is -0.348 e. The molecule has 32 heavy (non-hydrogen) atoms. The number of aromatic nitrogens is 2. The van der Waals surface area contributed by atoms with E-state index in [9.17, 15) is 9.59 Å². The molecule has 0 aliphatic rings. The third kappa shape index (κ3) is 4.67. The van der Waals surface area contributed by atoms with Gasteiger partial charge < -0.3 is 9.88 Å². The Hall–Kier alpha value is -3.99. The van der Waals surface area contributed by atoms with Crippen LogP contribution >= 0.6 is 0 Å². The minimum absolute atomic E-state index is 0.141. The molecule has 5 nitrogen and oxygen atoms in total. The Bertz CT molecular complexity index is 1260. The van der Waals surface area contributed by atoms with Crippen molar-refractivity contribution in [1.82, 2.24) is 14.9 Å². The van der Waals surface area contributed by atoms with Crippen LogP contribution in [0.3, 0.4) is 0 Å². The minimum atomic E-state index is -0.267. The van der Waals surface area contributed by atoms with Gasteiger partial charge in [0.05, 0.1) is 11.9 Å². The van der Waals surface area contributed by atoms with E-state index in [2.05, 4.69) is 10.3 Å². The lowest BCUT2D eigenvalue weighted by Gasteiger charge is -2.13. The number of aryl methyl sites for hydroxylation is 2. The van der Waals surface area contributed by atoms with E-state index in [0.717, 1.165) is 22.3 Å². The van der Waals surface area contributed by atoms with Gasteiger partial charge in [0.25, 0.3) is 5.91 Å². The van der Waals surface area contributed by atoms with Crippen LogP contribution in [0, 0.1) is 13.8 Å². The number of benzene rings is 3. The zero-order valence-electron chi connectivity index (χ0n) is 18.2. The van der Waals surface area contributed by atoms with Gasteiger partial charge in [-0.1, -0.05) is 60.2 Å². The molecule has 5 heteroatoms. The Morgan fingerprint density at radius 3 is 2.34 bits per heavy atom. The predicted octanol–water partition coefficient (Wildman–Crippen LogP) is 4.71. The fraction of sp³-hybridized carbons (Fsp3) is 0.148. The first kappa shape index (κ1) is 21.2. The van der Waals surface area contributed by atoms with Crippen LogP contribution in [0.5, 0.6) is 0 Å². The molecule has 0 fully saturated rings. The number of nitrogens with zero attached hydrogens (tertiary/aromatic N) is 2. The van der Waals surface area contributed by atoms with Gasteiger partial charge in [0, 0.05) is 36.6 Å². The molecule has 1 amide bonds. The Kier molecular flexibility index (Phi) is 6.26. The quantitative estimate of drug-likeness (QED) is 0.438. The highest BCUT2D eigenvalue weighted by molar-refractivity contribution is 6.15. The molecule has 3 aromatic carbocycles. The summed E-state index contributed by atoms with van der Waals surface area (Å²) in [5.74, 6) is -0.408. The highest BCUT2D eigenvalue weighted by Gasteiger charge is 2.19. The smallest absolute Gasteiger partial charge is 0.252 e. The maximum absolute atomic E-state index is 13.3. The molecule has 0 aliphatic carbocycles. The molecule has 0 atom stereocenters. The van der Waals surface area contributed by atoms with Gasteiger partial charge in [0.1, 0.15) is 0 Å². The van der Waals surface area contributed by atoms with Crippen molar-refractivity contribution in [3.8, 4) is 0 Å². The van der Waals surface area contributed by atoms with Crippen molar-refractivity contribution in [2.24, 2.45) is 0 Å². The maximum Gasteiger partial charge on any atom is 0.252 e. The lowest BCUT2D eigenvalue weighted by molar-refractivity contribution is 0.0939. The molecule has 0 saturated heterocycles. The van der Waals surface area contributed by atoms with Crippen molar-refractivity contribution in [3.63, 3.8) is 0 Å². The number of carbonyl (C=O) groups is 2. The van der Waals surface area contributed by atoms with Crippen molar-refractivity contribution < 1.29 is 9.59 Å². The van der Waals surface area contributed by atoms with Crippen LogP contribution in [0.4, 0.5) is 0 Å². The van der Waals surface area contributed by atoms with Crippen molar-refractivity contribution in [1.29, 1.82) is 0 Å². The zero-order valence-corrected chi connectivity index (χ0v) is 18.2. The molecule has 4 rings (SSSR count).